The summed E-state index contributed by atoms with van der Waals surface area (Å²) >= 11 is 5.91. The van der Waals surface area contributed by atoms with Gasteiger partial charge in [-0.25, -0.2) is 4.68 Å². The van der Waals surface area contributed by atoms with Crippen molar-refractivity contribution in [1.82, 2.24) is 14.7 Å². The number of hydrogen-bond donors (Lipinski definition) is 1. The van der Waals surface area contributed by atoms with Gasteiger partial charge in [0.15, 0.2) is 0 Å². The van der Waals surface area contributed by atoms with Crippen LogP contribution in [0.15, 0.2) is 36.5 Å². The van der Waals surface area contributed by atoms with Gasteiger partial charge >= 0.3 is 0 Å². The molecule has 1 atom stereocenters. The molecule has 3 rings (SSSR count). The molecule has 0 aliphatic carbocycles. The molecule has 7 heteroatoms. The summed E-state index contributed by atoms with van der Waals surface area (Å²) in [6.07, 6.45) is 1.23. The average Bonchev–Trinajstić information content (AvgIpc) is 3.03. The first-order valence-electron chi connectivity index (χ1n) is 8.07. The summed E-state index contributed by atoms with van der Waals surface area (Å²) in [5.41, 5.74) is 1.06. The number of nitrogens with one attached hydrogen (secondary N) is 1. The molecule has 1 fully saturated rings. The van der Waals surface area contributed by atoms with Gasteiger partial charge in [-0.3, -0.25) is 9.69 Å². The largest absolute Gasteiger partial charge is 0.366 e. The summed E-state index contributed by atoms with van der Waals surface area (Å²) < 4.78 is 7.35. The summed E-state index contributed by atoms with van der Waals surface area (Å²) in [6, 6.07) is 9.36. The van der Waals surface area contributed by atoms with Gasteiger partial charge in [-0.1, -0.05) is 30.7 Å². The highest BCUT2D eigenvalue weighted by Gasteiger charge is 2.26. The average molecular weight is 349 g/mol. The van der Waals surface area contributed by atoms with E-state index in [1.54, 1.807) is 16.9 Å². The SMILES string of the molecule is CCN1CCOC(C(=O)Nc2ccnn2Cc2ccc(Cl)cc2)C1. The number of amides is 1. The Morgan fingerprint density at radius 3 is 2.92 bits per heavy atom. The Hall–Kier alpha value is -1.89. The molecular weight excluding hydrogens is 328 g/mol. The number of anilines is 1. The molecule has 1 aliphatic rings. The zero-order chi connectivity index (χ0) is 16.9. The minimum absolute atomic E-state index is 0.133. The second-order valence-electron chi connectivity index (χ2n) is 5.74. The van der Waals surface area contributed by atoms with Crippen LogP contribution >= 0.6 is 11.6 Å². The molecule has 1 aliphatic heterocycles. The van der Waals surface area contributed by atoms with Crippen LogP contribution in [0, 0.1) is 0 Å². The van der Waals surface area contributed by atoms with E-state index in [-0.39, 0.29) is 5.91 Å². The van der Waals surface area contributed by atoms with Crippen molar-refractivity contribution in [2.24, 2.45) is 0 Å². The lowest BCUT2D eigenvalue weighted by atomic mass is 10.2. The summed E-state index contributed by atoms with van der Waals surface area (Å²) in [5.74, 6) is 0.526. The second-order valence-corrected chi connectivity index (χ2v) is 6.18. The molecule has 24 heavy (non-hydrogen) atoms. The van der Waals surface area contributed by atoms with E-state index in [9.17, 15) is 4.79 Å². The molecule has 1 unspecified atom stereocenters. The zero-order valence-electron chi connectivity index (χ0n) is 13.6. The third-order valence-corrected chi connectivity index (χ3v) is 4.36. The number of benzene rings is 1. The molecule has 0 radical (unpaired) electrons. The number of carbonyl (C=O) groups excluding carboxylic acids is 1. The van der Waals surface area contributed by atoms with Crippen LogP contribution in [-0.2, 0) is 16.1 Å². The zero-order valence-corrected chi connectivity index (χ0v) is 14.4. The molecule has 1 N–H and O–H groups in total. The molecule has 1 aromatic heterocycles. The van der Waals surface area contributed by atoms with Crippen LogP contribution in [0.25, 0.3) is 0 Å². The Labute approximate surface area is 146 Å². The Balaban J connectivity index is 1.64. The number of nitrogens with zero attached hydrogens (tertiary/aromatic N) is 3. The smallest absolute Gasteiger partial charge is 0.255 e. The van der Waals surface area contributed by atoms with Crippen molar-refractivity contribution in [1.29, 1.82) is 0 Å². The topological polar surface area (TPSA) is 59.4 Å². The van der Waals surface area contributed by atoms with Crippen LogP contribution in [0.5, 0.6) is 0 Å². The number of aromatic nitrogens is 2. The number of hydrogen-bond acceptors (Lipinski definition) is 4. The number of ether oxygens (including phenoxy) is 1. The van der Waals surface area contributed by atoms with Crippen molar-refractivity contribution in [2.45, 2.75) is 19.6 Å². The fourth-order valence-electron chi connectivity index (χ4n) is 2.68. The summed E-state index contributed by atoms with van der Waals surface area (Å²) in [4.78, 5) is 14.7. The third kappa shape index (κ3) is 4.14. The van der Waals surface area contributed by atoms with Gasteiger partial charge in [0.25, 0.3) is 5.91 Å². The van der Waals surface area contributed by atoms with E-state index in [4.69, 9.17) is 16.3 Å². The molecule has 2 heterocycles. The number of likely N-dealkylation sites (N-methyl/N-ethyl adjacent to an activating group) is 1. The Morgan fingerprint density at radius 2 is 2.17 bits per heavy atom. The normalized spacial score (nSPS) is 18.5. The summed E-state index contributed by atoms with van der Waals surface area (Å²) in [6.45, 7) is 5.63. The van der Waals surface area contributed by atoms with E-state index in [2.05, 4.69) is 22.2 Å². The molecule has 1 aromatic carbocycles. The van der Waals surface area contributed by atoms with Gasteiger partial charge in [0.2, 0.25) is 0 Å². The van der Waals surface area contributed by atoms with Gasteiger partial charge in [-0.2, -0.15) is 5.10 Å². The maximum atomic E-state index is 12.5. The van der Waals surface area contributed by atoms with Crippen LogP contribution in [0.4, 0.5) is 5.82 Å². The molecule has 0 bridgehead atoms. The van der Waals surface area contributed by atoms with Crippen LogP contribution in [0.1, 0.15) is 12.5 Å². The van der Waals surface area contributed by atoms with Gasteiger partial charge in [-0.05, 0) is 24.2 Å². The van der Waals surface area contributed by atoms with Crippen molar-refractivity contribution in [2.75, 3.05) is 31.6 Å². The summed E-state index contributed by atoms with van der Waals surface area (Å²) in [7, 11) is 0. The minimum atomic E-state index is -0.447. The number of carbonyl (C=O) groups is 1. The highest BCUT2D eigenvalue weighted by Crippen LogP contribution is 2.15. The molecule has 0 spiro atoms. The van der Waals surface area contributed by atoms with Crippen LogP contribution in [-0.4, -0.2) is 52.9 Å². The molecule has 0 saturated carbocycles. The highest BCUT2D eigenvalue weighted by atomic mass is 35.5. The van der Waals surface area contributed by atoms with E-state index < -0.39 is 6.10 Å². The lowest BCUT2D eigenvalue weighted by Crippen LogP contribution is -2.47. The first kappa shape index (κ1) is 17.0. The van der Waals surface area contributed by atoms with E-state index in [0.29, 0.717) is 30.5 Å². The van der Waals surface area contributed by atoms with Gasteiger partial charge in [0.1, 0.15) is 11.9 Å². The number of rotatable bonds is 5. The first-order chi connectivity index (χ1) is 11.7. The van der Waals surface area contributed by atoms with E-state index >= 15 is 0 Å². The van der Waals surface area contributed by atoms with Crippen LogP contribution in [0.3, 0.4) is 0 Å². The lowest BCUT2D eigenvalue weighted by Gasteiger charge is -2.31. The highest BCUT2D eigenvalue weighted by molar-refractivity contribution is 6.30. The molecule has 2 aromatic rings. The minimum Gasteiger partial charge on any atom is -0.366 e. The Morgan fingerprint density at radius 1 is 1.38 bits per heavy atom. The lowest BCUT2D eigenvalue weighted by molar-refractivity contribution is -0.132. The third-order valence-electron chi connectivity index (χ3n) is 4.10. The Bertz CT molecular complexity index is 686. The summed E-state index contributed by atoms with van der Waals surface area (Å²) in [5, 5.41) is 7.90. The van der Waals surface area contributed by atoms with Gasteiger partial charge in [0, 0.05) is 24.2 Å². The van der Waals surface area contributed by atoms with E-state index in [0.717, 1.165) is 18.7 Å². The quantitative estimate of drug-likeness (QED) is 0.900. The first-order valence-corrected chi connectivity index (χ1v) is 8.44. The maximum absolute atomic E-state index is 12.5. The predicted molar refractivity (Wildman–Crippen MR) is 93.3 cm³/mol. The van der Waals surface area contributed by atoms with Crippen molar-refractivity contribution in [3.05, 3.63) is 47.1 Å². The van der Waals surface area contributed by atoms with E-state index in [1.807, 2.05) is 24.3 Å². The van der Waals surface area contributed by atoms with Crippen molar-refractivity contribution in [3.8, 4) is 0 Å². The second kappa shape index (κ2) is 7.79. The molecule has 128 valence electrons. The molecule has 6 nitrogen and oxygen atoms in total. The van der Waals surface area contributed by atoms with Crippen LogP contribution < -0.4 is 5.32 Å². The van der Waals surface area contributed by atoms with Crippen LogP contribution in [0.2, 0.25) is 5.02 Å². The van der Waals surface area contributed by atoms with E-state index in [1.165, 1.54) is 0 Å². The fraction of sp³-hybridized carbons (Fsp3) is 0.412. The van der Waals surface area contributed by atoms with Crippen molar-refractivity contribution >= 4 is 23.3 Å². The van der Waals surface area contributed by atoms with Crippen molar-refractivity contribution in [3.63, 3.8) is 0 Å². The molecule has 1 amide bonds. The van der Waals surface area contributed by atoms with Gasteiger partial charge < -0.3 is 10.1 Å². The standard InChI is InChI=1S/C17H21ClN4O2/c1-2-21-9-10-24-15(12-21)17(23)20-16-7-8-19-22(16)11-13-3-5-14(18)6-4-13/h3-8,15H,2,9-12H2,1H3,(H,20,23). The molecule has 1 saturated heterocycles. The number of halogens is 1. The van der Waals surface area contributed by atoms with Crippen molar-refractivity contribution < 1.29 is 9.53 Å². The van der Waals surface area contributed by atoms with Gasteiger partial charge in [0.05, 0.1) is 19.3 Å². The monoisotopic (exact) mass is 348 g/mol. The Kier molecular flexibility index (Phi) is 5.50. The molecular formula is C17H21ClN4O2. The fourth-order valence-corrected chi connectivity index (χ4v) is 2.81. The number of morpholine rings is 1. The predicted octanol–water partition coefficient (Wildman–Crippen LogP) is 2.24. The van der Waals surface area contributed by atoms with Gasteiger partial charge in [-0.15, -0.1) is 0 Å². The maximum Gasteiger partial charge on any atom is 0.255 e.